The molecular weight excluding hydrogens is 381 g/mol. The van der Waals surface area contributed by atoms with Gasteiger partial charge in [0.05, 0.1) is 17.4 Å². The second-order valence-electron chi connectivity index (χ2n) is 8.08. The van der Waals surface area contributed by atoms with Gasteiger partial charge >= 0.3 is 0 Å². The predicted molar refractivity (Wildman–Crippen MR) is 114 cm³/mol. The maximum atomic E-state index is 13.6. The Balaban J connectivity index is 1.81. The molecule has 0 aliphatic carbocycles. The Morgan fingerprint density at radius 2 is 1.83 bits per heavy atom. The third kappa shape index (κ3) is 3.22. The third-order valence-corrected chi connectivity index (χ3v) is 6.09. The number of amides is 1. The van der Waals surface area contributed by atoms with E-state index in [0.29, 0.717) is 5.69 Å². The lowest BCUT2D eigenvalue weighted by atomic mass is 9.87. The first kappa shape index (κ1) is 20.3. The molecule has 1 aromatic carbocycles. The minimum absolute atomic E-state index is 0.0357. The Hall–Kier alpha value is -2.96. The number of benzene rings is 1. The van der Waals surface area contributed by atoms with Gasteiger partial charge in [-0.15, -0.1) is 0 Å². The molecule has 4 rings (SSSR count). The summed E-state index contributed by atoms with van der Waals surface area (Å²) in [5, 5.41) is 9.25. The maximum absolute atomic E-state index is 13.6. The molecule has 1 aliphatic rings. The summed E-state index contributed by atoms with van der Waals surface area (Å²) in [6.07, 6.45) is 4.20. The quantitative estimate of drug-likeness (QED) is 0.649. The van der Waals surface area contributed by atoms with Gasteiger partial charge in [-0.2, -0.15) is 10.2 Å². The van der Waals surface area contributed by atoms with Crippen molar-refractivity contribution in [2.24, 2.45) is 14.1 Å². The molecule has 158 valence electrons. The molecule has 0 radical (unpaired) electrons. The Morgan fingerprint density at radius 3 is 2.40 bits per heavy atom. The number of aromatic nitrogens is 4. The highest BCUT2D eigenvalue weighted by atomic mass is 19.1. The van der Waals surface area contributed by atoms with E-state index in [0.717, 1.165) is 47.3 Å². The lowest BCUT2D eigenvalue weighted by Crippen LogP contribution is -2.47. The highest BCUT2D eigenvalue weighted by Crippen LogP contribution is 2.41. The lowest BCUT2D eigenvalue weighted by Gasteiger charge is -2.41. The van der Waals surface area contributed by atoms with Crippen molar-refractivity contribution in [3.05, 3.63) is 58.8 Å². The number of rotatable bonds is 4. The van der Waals surface area contributed by atoms with E-state index >= 15 is 0 Å². The van der Waals surface area contributed by atoms with Crippen LogP contribution in [0.2, 0.25) is 0 Å². The minimum atomic E-state index is -0.254. The van der Waals surface area contributed by atoms with E-state index in [4.69, 9.17) is 5.10 Å². The van der Waals surface area contributed by atoms with Crippen LogP contribution in [0.15, 0.2) is 30.5 Å². The predicted octanol–water partition coefficient (Wildman–Crippen LogP) is 4.20. The number of carbonyl (C=O) groups is 1. The molecule has 0 fully saturated rings. The van der Waals surface area contributed by atoms with Crippen LogP contribution in [0, 0.1) is 12.7 Å². The molecule has 30 heavy (non-hydrogen) atoms. The zero-order chi connectivity index (χ0) is 21.6. The van der Waals surface area contributed by atoms with Crippen LogP contribution in [0.1, 0.15) is 60.0 Å². The van der Waals surface area contributed by atoms with Crippen molar-refractivity contribution >= 4 is 5.91 Å². The van der Waals surface area contributed by atoms with Crippen LogP contribution in [0.25, 0.3) is 11.3 Å². The molecule has 2 aromatic heterocycles. The van der Waals surface area contributed by atoms with Gasteiger partial charge < -0.3 is 4.90 Å². The molecule has 2 atom stereocenters. The monoisotopic (exact) mass is 409 g/mol. The highest BCUT2D eigenvalue weighted by Gasteiger charge is 2.40. The van der Waals surface area contributed by atoms with E-state index < -0.39 is 0 Å². The molecule has 6 nitrogen and oxygen atoms in total. The molecule has 0 saturated carbocycles. The van der Waals surface area contributed by atoms with Gasteiger partial charge in [0.25, 0.3) is 5.91 Å². The molecule has 0 saturated heterocycles. The summed E-state index contributed by atoms with van der Waals surface area (Å²) in [5.41, 5.74) is 5.43. The molecule has 2 unspecified atom stereocenters. The molecule has 1 aliphatic heterocycles. The molecule has 0 N–H and O–H groups in total. The fourth-order valence-corrected chi connectivity index (χ4v) is 4.73. The van der Waals surface area contributed by atoms with Crippen LogP contribution in [-0.4, -0.2) is 36.4 Å². The van der Waals surface area contributed by atoms with Gasteiger partial charge in [0.2, 0.25) is 0 Å². The van der Waals surface area contributed by atoms with Crippen LogP contribution < -0.4 is 0 Å². The molecule has 1 amide bonds. The fourth-order valence-electron chi connectivity index (χ4n) is 4.73. The van der Waals surface area contributed by atoms with E-state index in [1.165, 1.54) is 12.1 Å². The molecular formula is C23H28FN5O. The van der Waals surface area contributed by atoms with Gasteiger partial charge in [0.15, 0.2) is 5.69 Å². The van der Waals surface area contributed by atoms with Crippen molar-refractivity contribution in [2.75, 3.05) is 0 Å². The second kappa shape index (κ2) is 7.70. The van der Waals surface area contributed by atoms with E-state index in [9.17, 15) is 9.18 Å². The van der Waals surface area contributed by atoms with Crippen LogP contribution >= 0.6 is 0 Å². The van der Waals surface area contributed by atoms with Gasteiger partial charge in [0.1, 0.15) is 5.82 Å². The summed E-state index contributed by atoms with van der Waals surface area (Å²) in [4.78, 5) is 15.5. The van der Waals surface area contributed by atoms with Crippen molar-refractivity contribution in [3.63, 3.8) is 0 Å². The average Bonchev–Trinajstić information content (AvgIpc) is 3.24. The summed E-state index contributed by atoms with van der Waals surface area (Å²) in [6.45, 7) is 6.12. The van der Waals surface area contributed by atoms with E-state index in [1.807, 2.05) is 36.8 Å². The zero-order valence-corrected chi connectivity index (χ0v) is 18.2. The molecule has 7 heteroatoms. The summed E-state index contributed by atoms with van der Waals surface area (Å²) in [7, 11) is 3.75. The third-order valence-electron chi connectivity index (χ3n) is 6.09. The Bertz CT molecular complexity index is 1080. The van der Waals surface area contributed by atoms with Crippen LogP contribution in [0.3, 0.4) is 0 Å². The molecule has 3 heterocycles. The van der Waals surface area contributed by atoms with Gasteiger partial charge in [0, 0.05) is 43.0 Å². The molecule has 0 spiro atoms. The van der Waals surface area contributed by atoms with Crippen LogP contribution in [0.4, 0.5) is 4.39 Å². The highest BCUT2D eigenvalue weighted by molar-refractivity contribution is 5.94. The number of carbonyl (C=O) groups excluding carboxylic acids is 1. The van der Waals surface area contributed by atoms with Crippen LogP contribution in [-0.2, 0) is 20.5 Å². The molecule has 3 aromatic rings. The van der Waals surface area contributed by atoms with Gasteiger partial charge in [-0.3, -0.25) is 14.2 Å². The summed E-state index contributed by atoms with van der Waals surface area (Å²) < 4.78 is 17.0. The number of aryl methyl sites for hydroxylation is 3. The largest absolute Gasteiger partial charge is 0.325 e. The van der Waals surface area contributed by atoms with Gasteiger partial charge in [-0.1, -0.05) is 13.8 Å². The second-order valence-corrected chi connectivity index (χ2v) is 8.08. The number of hydrogen-bond donors (Lipinski definition) is 0. The van der Waals surface area contributed by atoms with Crippen molar-refractivity contribution in [1.29, 1.82) is 0 Å². The van der Waals surface area contributed by atoms with E-state index in [2.05, 4.69) is 18.9 Å². The minimum Gasteiger partial charge on any atom is -0.325 e. The van der Waals surface area contributed by atoms with Gasteiger partial charge in [-0.25, -0.2) is 4.39 Å². The van der Waals surface area contributed by atoms with Crippen molar-refractivity contribution in [1.82, 2.24) is 24.5 Å². The van der Waals surface area contributed by atoms with Crippen LogP contribution in [0.5, 0.6) is 0 Å². The average molecular weight is 410 g/mol. The zero-order valence-electron chi connectivity index (χ0n) is 18.2. The number of halogens is 1. The first-order chi connectivity index (χ1) is 14.3. The summed E-state index contributed by atoms with van der Waals surface area (Å²) in [5.74, 6) is -0.290. The first-order valence-electron chi connectivity index (χ1n) is 10.5. The van der Waals surface area contributed by atoms with E-state index in [-0.39, 0.29) is 23.8 Å². The topological polar surface area (TPSA) is 56.0 Å². The smallest absolute Gasteiger partial charge is 0.275 e. The summed E-state index contributed by atoms with van der Waals surface area (Å²) in [6, 6.07) is 6.48. The maximum Gasteiger partial charge on any atom is 0.275 e. The Morgan fingerprint density at radius 1 is 1.13 bits per heavy atom. The number of nitrogens with zero attached hydrogens (tertiary/aromatic N) is 5. The van der Waals surface area contributed by atoms with Crippen molar-refractivity contribution in [2.45, 2.75) is 52.1 Å². The Labute approximate surface area is 176 Å². The van der Waals surface area contributed by atoms with E-state index in [1.54, 1.807) is 16.8 Å². The first-order valence-corrected chi connectivity index (χ1v) is 10.5. The molecule has 0 bridgehead atoms. The normalized spacial score (nSPS) is 18.5. The van der Waals surface area contributed by atoms with Gasteiger partial charge in [-0.05, 0) is 50.5 Å². The lowest BCUT2D eigenvalue weighted by molar-refractivity contribution is 0.0505. The number of hydrogen-bond acceptors (Lipinski definition) is 3. The Kier molecular flexibility index (Phi) is 5.22. The fraction of sp³-hybridized carbons (Fsp3) is 0.435. The summed E-state index contributed by atoms with van der Waals surface area (Å²) >= 11 is 0. The van der Waals surface area contributed by atoms with Crippen molar-refractivity contribution < 1.29 is 9.18 Å². The standard InChI is InChI=1S/C23H28FN5O/c1-6-17-12-18-21(26-28(5)22(18)15-8-10-16(24)11-9-15)19(7-2)29(17)23(30)20-14(3)13-27(4)25-20/h8-11,13,17,19H,6-7,12H2,1-5H3. The van der Waals surface area contributed by atoms with Crippen molar-refractivity contribution in [3.8, 4) is 11.3 Å². The number of fused-ring (bicyclic) bond motifs is 1. The SMILES string of the molecule is CCC1Cc2c(nn(C)c2-c2ccc(F)cc2)C(CC)N1C(=O)c1nn(C)cc1C.